The Morgan fingerprint density at radius 1 is 1.24 bits per heavy atom. The van der Waals surface area contributed by atoms with E-state index in [1.807, 2.05) is 6.07 Å². The highest BCUT2D eigenvalue weighted by molar-refractivity contribution is 5.51. The van der Waals surface area contributed by atoms with E-state index < -0.39 is 0 Å². The predicted octanol–water partition coefficient (Wildman–Crippen LogP) is 2.60. The van der Waals surface area contributed by atoms with Crippen LogP contribution in [0.2, 0.25) is 0 Å². The van der Waals surface area contributed by atoms with Gasteiger partial charge in [0.25, 0.3) is 0 Å². The number of hydrogen-bond donors (Lipinski definition) is 2. The fourth-order valence-electron chi connectivity index (χ4n) is 2.34. The summed E-state index contributed by atoms with van der Waals surface area (Å²) in [5.74, 6) is 2.25. The van der Waals surface area contributed by atoms with E-state index in [4.69, 9.17) is 0 Å². The summed E-state index contributed by atoms with van der Waals surface area (Å²) in [4.78, 5) is 7.98. The number of rotatable bonds is 3. The van der Waals surface area contributed by atoms with Crippen molar-refractivity contribution in [1.29, 1.82) is 0 Å². The van der Waals surface area contributed by atoms with Crippen molar-refractivity contribution in [2.75, 3.05) is 5.32 Å². The molecule has 0 saturated heterocycles. The number of H-pyrrole nitrogens is 1. The van der Waals surface area contributed by atoms with Crippen LogP contribution in [0.15, 0.2) is 24.7 Å². The Morgan fingerprint density at radius 3 is 2.88 bits per heavy atom. The lowest BCUT2D eigenvalue weighted by Crippen LogP contribution is -1.93. The number of aromatic nitrogens is 4. The smallest absolute Gasteiger partial charge is 0.153 e. The SMILES string of the molecule is c1cc(Nc2cc(C3CCCC3)[nH]n2)ncn1. The van der Waals surface area contributed by atoms with Crippen molar-refractivity contribution in [3.05, 3.63) is 30.4 Å². The molecule has 1 aliphatic carbocycles. The molecule has 88 valence electrons. The van der Waals surface area contributed by atoms with Gasteiger partial charge in [-0.25, -0.2) is 9.97 Å². The summed E-state index contributed by atoms with van der Waals surface area (Å²) in [6.45, 7) is 0. The average Bonchev–Trinajstić information content (AvgIpc) is 3.00. The average molecular weight is 229 g/mol. The minimum Gasteiger partial charge on any atom is -0.323 e. The molecule has 0 bridgehead atoms. The topological polar surface area (TPSA) is 66.5 Å². The van der Waals surface area contributed by atoms with Gasteiger partial charge in [-0.05, 0) is 18.9 Å². The summed E-state index contributed by atoms with van der Waals surface area (Å²) < 4.78 is 0. The second-order valence-electron chi connectivity index (χ2n) is 4.41. The van der Waals surface area contributed by atoms with E-state index in [2.05, 4.69) is 31.5 Å². The predicted molar refractivity (Wildman–Crippen MR) is 65.1 cm³/mol. The summed E-state index contributed by atoms with van der Waals surface area (Å²) >= 11 is 0. The molecule has 5 heteroatoms. The van der Waals surface area contributed by atoms with Crippen LogP contribution in [0.25, 0.3) is 0 Å². The van der Waals surface area contributed by atoms with Gasteiger partial charge in [-0.1, -0.05) is 12.8 Å². The third kappa shape index (κ3) is 2.27. The second kappa shape index (κ2) is 4.53. The van der Waals surface area contributed by atoms with Gasteiger partial charge in [-0.15, -0.1) is 0 Å². The Kier molecular flexibility index (Phi) is 2.73. The summed E-state index contributed by atoms with van der Waals surface area (Å²) in [5.41, 5.74) is 1.24. The highest BCUT2D eigenvalue weighted by Crippen LogP contribution is 2.33. The Labute approximate surface area is 99.7 Å². The Balaban J connectivity index is 1.72. The molecule has 17 heavy (non-hydrogen) atoms. The molecule has 0 aromatic carbocycles. The standard InChI is InChI=1S/C12H15N5/c1-2-4-9(3-1)10-7-12(17-16-10)15-11-5-6-13-8-14-11/h5-9H,1-4H2,(H2,13,14,15,16,17). The van der Waals surface area contributed by atoms with Crippen LogP contribution in [0.4, 0.5) is 11.6 Å². The minimum atomic E-state index is 0.656. The van der Waals surface area contributed by atoms with Crippen molar-refractivity contribution < 1.29 is 0 Å². The quantitative estimate of drug-likeness (QED) is 0.849. The van der Waals surface area contributed by atoms with Crippen molar-refractivity contribution in [2.45, 2.75) is 31.6 Å². The van der Waals surface area contributed by atoms with Gasteiger partial charge in [0.1, 0.15) is 12.1 Å². The molecular formula is C12H15N5. The third-order valence-corrected chi connectivity index (χ3v) is 3.23. The van der Waals surface area contributed by atoms with Gasteiger partial charge in [0, 0.05) is 23.9 Å². The van der Waals surface area contributed by atoms with Crippen molar-refractivity contribution in [3.63, 3.8) is 0 Å². The lowest BCUT2D eigenvalue weighted by molar-refractivity contribution is 0.693. The van der Waals surface area contributed by atoms with Crippen LogP contribution in [0.1, 0.15) is 37.3 Å². The van der Waals surface area contributed by atoms with Gasteiger partial charge < -0.3 is 5.32 Å². The van der Waals surface area contributed by atoms with Crippen molar-refractivity contribution >= 4 is 11.6 Å². The number of nitrogens with one attached hydrogen (secondary N) is 2. The molecule has 2 aromatic heterocycles. The lowest BCUT2D eigenvalue weighted by atomic mass is 10.0. The molecule has 2 heterocycles. The summed E-state index contributed by atoms with van der Waals surface area (Å²) in [5, 5.41) is 10.5. The van der Waals surface area contributed by atoms with E-state index in [1.54, 1.807) is 6.20 Å². The number of nitrogens with zero attached hydrogens (tertiary/aromatic N) is 3. The first-order chi connectivity index (χ1) is 8.42. The zero-order valence-electron chi connectivity index (χ0n) is 9.56. The zero-order chi connectivity index (χ0) is 11.5. The first-order valence-corrected chi connectivity index (χ1v) is 6.00. The maximum Gasteiger partial charge on any atom is 0.153 e. The van der Waals surface area contributed by atoms with Gasteiger partial charge in [0.15, 0.2) is 5.82 Å². The van der Waals surface area contributed by atoms with Gasteiger partial charge >= 0.3 is 0 Å². The molecule has 3 rings (SSSR count). The molecule has 1 aliphatic rings. The Hall–Kier alpha value is -1.91. The van der Waals surface area contributed by atoms with E-state index >= 15 is 0 Å². The lowest BCUT2D eigenvalue weighted by Gasteiger charge is -2.03. The van der Waals surface area contributed by atoms with E-state index in [-0.39, 0.29) is 0 Å². The molecule has 0 radical (unpaired) electrons. The van der Waals surface area contributed by atoms with Gasteiger partial charge in [0.05, 0.1) is 0 Å². The summed E-state index contributed by atoms with van der Waals surface area (Å²) in [6, 6.07) is 3.90. The van der Waals surface area contributed by atoms with Crippen LogP contribution in [0, 0.1) is 0 Å². The molecule has 5 nitrogen and oxygen atoms in total. The molecule has 0 amide bonds. The molecule has 0 aliphatic heterocycles. The van der Waals surface area contributed by atoms with E-state index in [0.29, 0.717) is 5.92 Å². The highest BCUT2D eigenvalue weighted by atomic mass is 15.2. The molecule has 1 saturated carbocycles. The van der Waals surface area contributed by atoms with Crippen LogP contribution in [-0.2, 0) is 0 Å². The van der Waals surface area contributed by atoms with E-state index in [0.717, 1.165) is 11.6 Å². The first-order valence-electron chi connectivity index (χ1n) is 6.00. The van der Waals surface area contributed by atoms with Crippen molar-refractivity contribution in [1.82, 2.24) is 20.2 Å². The summed E-state index contributed by atoms with van der Waals surface area (Å²) in [6.07, 6.45) is 8.44. The summed E-state index contributed by atoms with van der Waals surface area (Å²) in [7, 11) is 0. The molecule has 0 unspecified atom stereocenters. The van der Waals surface area contributed by atoms with Gasteiger partial charge in [0.2, 0.25) is 0 Å². The Morgan fingerprint density at radius 2 is 2.12 bits per heavy atom. The van der Waals surface area contributed by atoms with Gasteiger partial charge in [-0.2, -0.15) is 5.10 Å². The maximum atomic E-state index is 4.26. The molecular weight excluding hydrogens is 214 g/mol. The minimum absolute atomic E-state index is 0.656. The molecule has 1 fully saturated rings. The Bertz CT molecular complexity index is 473. The molecule has 0 atom stereocenters. The normalized spacial score (nSPS) is 16.2. The fraction of sp³-hybridized carbons (Fsp3) is 0.417. The van der Waals surface area contributed by atoms with Crippen LogP contribution in [0.3, 0.4) is 0 Å². The number of anilines is 2. The third-order valence-electron chi connectivity index (χ3n) is 3.23. The van der Waals surface area contributed by atoms with Crippen LogP contribution in [-0.4, -0.2) is 20.2 Å². The van der Waals surface area contributed by atoms with Gasteiger partial charge in [-0.3, -0.25) is 5.10 Å². The first kappa shape index (κ1) is 10.3. The fourth-order valence-corrected chi connectivity index (χ4v) is 2.34. The zero-order valence-corrected chi connectivity index (χ0v) is 9.56. The highest BCUT2D eigenvalue weighted by Gasteiger charge is 2.19. The molecule has 2 N–H and O–H groups in total. The molecule has 0 spiro atoms. The van der Waals surface area contributed by atoms with Crippen molar-refractivity contribution in [2.24, 2.45) is 0 Å². The van der Waals surface area contributed by atoms with Crippen LogP contribution >= 0.6 is 0 Å². The number of aromatic amines is 1. The molecule has 2 aromatic rings. The largest absolute Gasteiger partial charge is 0.323 e. The van der Waals surface area contributed by atoms with Crippen LogP contribution in [0.5, 0.6) is 0 Å². The van der Waals surface area contributed by atoms with E-state index in [9.17, 15) is 0 Å². The number of hydrogen-bond acceptors (Lipinski definition) is 4. The monoisotopic (exact) mass is 229 g/mol. The maximum absolute atomic E-state index is 4.26. The van der Waals surface area contributed by atoms with E-state index in [1.165, 1.54) is 37.7 Å². The van der Waals surface area contributed by atoms with Crippen LogP contribution < -0.4 is 5.32 Å². The second-order valence-corrected chi connectivity index (χ2v) is 4.41. The van der Waals surface area contributed by atoms with Crippen molar-refractivity contribution in [3.8, 4) is 0 Å².